The van der Waals surface area contributed by atoms with Crippen LogP contribution < -0.4 is 21.7 Å². The minimum Gasteiger partial charge on any atom is -0.467 e. The number of anilines is 2. The average Bonchev–Trinajstić information content (AvgIpc) is 3.53. The van der Waals surface area contributed by atoms with Gasteiger partial charge in [0.1, 0.15) is 18.1 Å². The first-order valence-corrected chi connectivity index (χ1v) is 14.9. The number of likely N-dealkylation sites (tertiary alicyclic amines) is 1. The molecule has 3 aromatic rings. The second-order valence-corrected chi connectivity index (χ2v) is 11.5. The second-order valence-electron chi connectivity index (χ2n) is 11.5. The van der Waals surface area contributed by atoms with Crippen LogP contribution in [0.2, 0.25) is 0 Å². The van der Waals surface area contributed by atoms with Gasteiger partial charge in [-0.15, -0.1) is 0 Å². The first kappa shape index (κ1) is 35.7. The number of rotatable bonds is 13. The van der Waals surface area contributed by atoms with E-state index in [0.29, 0.717) is 30.8 Å². The van der Waals surface area contributed by atoms with Crippen molar-refractivity contribution < 1.29 is 28.7 Å². The van der Waals surface area contributed by atoms with Crippen molar-refractivity contribution in [2.75, 3.05) is 30.9 Å². The van der Waals surface area contributed by atoms with E-state index in [1.54, 1.807) is 43.0 Å². The number of nitrogens with one attached hydrogen (secondary N) is 3. The van der Waals surface area contributed by atoms with E-state index in [1.807, 2.05) is 60.7 Å². The number of amides is 3. The summed E-state index contributed by atoms with van der Waals surface area (Å²) in [4.78, 5) is 53.9. The zero-order valence-electron chi connectivity index (χ0n) is 25.8. The third kappa shape index (κ3) is 9.63. The van der Waals surface area contributed by atoms with E-state index in [9.17, 15) is 19.2 Å². The number of hydrogen-bond donors (Lipinski definition) is 4. The number of ether oxygens (including phenoxy) is 2. The van der Waals surface area contributed by atoms with Crippen molar-refractivity contribution in [2.45, 2.75) is 64.4 Å². The van der Waals surface area contributed by atoms with E-state index in [0.717, 1.165) is 11.1 Å². The van der Waals surface area contributed by atoms with Gasteiger partial charge in [-0.1, -0.05) is 74.2 Å². The molecule has 46 heavy (non-hydrogen) atoms. The van der Waals surface area contributed by atoms with Crippen LogP contribution in [0.25, 0.3) is 0 Å². The smallest absolute Gasteiger partial charge is 0.328 e. The fourth-order valence-corrected chi connectivity index (χ4v) is 4.99. The van der Waals surface area contributed by atoms with E-state index in [-0.39, 0.29) is 26.5 Å². The number of nitrogens with zero attached hydrogens (tertiary/aromatic N) is 1. The molecule has 0 radical (unpaired) electrons. The molecule has 0 aliphatic carbocycles. The van der Waals surface area contributed by atoms with Gasteiger partial charge in [0.05, 0.1) is 25.9 Å². The SMILES string of the molecule is C.COC(=O)C1CCCN1C(=O)C(Nc1cccc(NC(=O)C(COCc2ccccc2)NC(=O)C(C)(C)N)c1)c1ccccc1. The summed E-state index contributed by atoms with van der Waals surface area (Å²) in [6.07, 6.45) is 1.23. The second kappa shape index (κ2) is 16.5. The summed E-state index contributed by atoms with van der Waals surface area (Å²) in [5.41, 5.74) is 7.41. The minimum atomic E-state index is -1.21. The van der Waals surface area contributed by atoms with Crippen LogP contribution >= 0.6 is 0 Å². The van der Waals surface area contributed by atoms with Crippen molar-refractivity contribution in [2.24, 2.45) is 5.73 Å². The highest BCUT2D eigenvalue weighted by molar-refractivity contribution is 5.99. The van der Waals surface area contributed by atoms with E-state index in [1.165, 1.54) is 7.11 Å². The molecular formula is C35H45N5O6. The average molecular weight is 632 g/mol. The summed E-state index contributed by atoms with van der Waals surface area (Å²) in [6, 6.07) is 23.2. The predicted molar refractivity (Wildman–Crippen MR) is 178 cm³/mol. The molecule has 1 heterocycles. The zero-order valence-corrected chi connectivity index (χ0v) is 25.8. The van der Waals surface area contributed by atoms with Gasteiger partial charge in [0.15, 0.2) is 0 Å². The van der Waals surface area contributed by atoms with Crippen molar-refractivity contribution in [1.82, 2.24) is 10.2 Å². The molecule has 1 aliphatic rings. The monoisotopic (exact) mass is 631 g/mol. The Hall–Kier alpha value is -4.74. The van der Waals surface area contributed by atoms with Crippen molar-refractivity contribution in [1.29, 1.82) is 0 Å². The molecule has 246 valence electrons. The maximum Gasteiger partial charge on any atom is 0.328 e. The number of esters is 1. The molecule has 0 spiro atoms. The fraction of sp³-hybridized carbons (Fsp3) is 0.371. The molecule has 11 heteroatoms. The molecule has 5 N–H and O–H groups in total. The van der Waals surface area contributed by atoms with Crippen LogP contribution in [0, 0.1) is 0 Å². The van der Waals surface area contributed by atoms with Crippen LogP contribution in [0.3, 0.4) is 0 Å². The standard InChI is InChI=1S/C34H41N5O6.CH4/c1-34(2,35)33(43)38-27(22-45-21-23-12-6-4-7-13-23)30(40)37-26-17-10-16-25(20-26)36-29(24-14-8-5-9-15-24)31(41)39-19-11-18-28(39)32(42)44-3;/h4-10,12-17,20,27-29,36H,11,18-19,21-22,35H2,1-3H3,(H,37,40)(H,38,43);1H4. The Morgan fingerprint density at radius 2 is 1.61 bits per heavy atom. The molecule has 4 rings (SSSR count). The van der Waals surface area contributed by atoms with E-state index in [2.05, 4.69) is 16.0 Å². The maximum absolute atomic E-state index is 13.8. The molecule has 3 amide bonds. The summed E-state index contributed by atoms with van der Waals surface area (Å²) in [6.45, 7) is 3.73. The van der Waals surface area contributed by atoms with Crippen LogP contribution in [-0.2, 0) is 35.3 Å². The molecule has 1 aliphatic heterocycles. The van der Waals surface area contributed by atoms with Gasteiger partial charge in [0.2, 0.25) is 17.7 Å². The first-order chi connectivity index (χ1) is 21.6. The fourth-order valence-electron chi connectivity index (χ4n) is 4.99. The molecule has 3 atom stereocenters. The van der Waals surface area contributed by atoms with Crippen molar-refractivity contribution in [3.63, 3.8) is 0 Å². The Balaban J connectivity index is 0.00000576. The number of benzene rings is 3. The Labute approximate surface area is 270 Å². The van der Waals surface area contributed by atoms with Gasteiger partial charge in [-0.3, -0.25) is 14.4 Å². The largest absolute Gasteiger partial charge is 0.467 e. The third-order valence-electron chi connectivity index (χ3n) is 7.43. The maximum atomic E-state index is 13.8. The molecule has 3 unspecified atom stereocenters. The summed E-state index contributed by atoms with van der Waals surface area (Å²) >= 11 is 0. The lowest BCUT2D eigenvalue weighted by Crippen LogP contribution is -2.56. The molecule has 0 bridgehead atoms. The normalized spacial score (nSPS) is 15.6. The highest BCUT2D eigenvalue weighted by atomic mass is 16.5. The lowest BCUT2D eigenvalue weighted by molar-refractivity contribution is -0.151. The van der Waals surface area contributed by atoms with Crippen molar-refractivity contribution >= 4 is 35.1 Å². The molecule has 11 nitrogen and oxygen atoms in total. The van der Waals surface area contributed by atoms with Crippen LogP contribution in [0.4, 0.5) is 11.4 Å². The van der Waals surface area contributed by atoms with Gasteiger partial charge in [0, 0.05) is 17.9 Å². The Kier molecular flexibility index (Phi) is 12.8. The lowest BCUT2D eigenvalue weighted by Gasteiger charge is -2.29. The Bertz CT molecular complexity index is 1460. The topological polar surface area (TPSA) is 152 Å². The summed E-state index contributed by atoms with van der Waals surface area (Å²) in [5, 5.41) is 8.83. The van der Waals surface area contributed by atoms with Gasteiger partial charge in [-0.05, 0) is 56.0 Å². The third-order valence-corrected chi connectivity index (χ3v) is 7.43. The molecular weight excluding hydrogens is 586 g/mol. The summed E-state index contributed by atoms with van der Waals surface area (Å²) < 4.78 is 10.7. The summed E-state index contributed by atoms with van der Waals surface area (Å²) in [7, 11) is 1.32. The first-order valence-electron chi connectivity index (χ1n) is 14.9. The molecule has 1 saturated heterocycles. The summed E-state index contributed by atoms with van der Waals surface area (Å²) in [5.74, 6) is -1.69. The van der Waals surface area contributed by atoms with E-state index < -0.39 is 41.4 Å². The van der Waals surface area contributed by atoms with Crippen LogP contribution in [-0.4, -0.2) is 66.5 Å². The number of hydrogen-bond acceptors (Lipinski definition) is 8. The van der Waals surface area contributed by atoms with Crippen molar-refractivity contribution in [3.05, 3.63) is 96.1 Å². The van der Waals surface area contributed by atoms with E-state index >= 15 is 0 Å². The van der Waals surface area contributed by atoms with Crippen LogP contribution in [0.1, 0.15) is 51.3 Å². The van der Waals surface area contributed by atoms with Gasteiger partial charge >= 0.3 is 5.97 Å². The van der Waals surface area contributed by atoms with Crippen LogP contribution in [0.15, 0.2) is 84.9 Å². The predicted octanol–water partition coefficient (Wildman–Crippen LogP) is 4.02. The highest BCUT2D eigenvalue weighted by Crippen LogP contribution is 2.28. The van der Waals surface area contributed by atoms with Gasteiger partial charge in [-0.2, -0.15) is 0 Å². The lowest BCUT2D eigenvalue weighted by atomic mass is 10.0. The van der Waals surface area contributed by atoms with Gasteiger partial charge in [0.25, 0.3) is 0 Å². The molecule has 1 fully saturated rings. The molecule has 3 aromatic carbocycles. The number of nitrogens with two attached hydrogens (primary N) is 1. The Morgan fingerprint density at radius 3 is 2.26 bits per heavy atom. The van der Waals surface area contributed by atoms with Gasteiger partial charge in [-0.25, -0.2) is 4.79 Å². The number of carbonyl (C=O) groups excluding carboxylic acids is 4. The van der Waals surface area contributed by atoms with E-state index in [4.69, 9.17) is 15.2 Å². The highest BCUT2D eigenvalue weighted by Gasteiger charge is 2.38. The van der Waals surface area contributed by atoms with Crippen molar-refractivity contribution in [3.8, 4) is 0 Å². The molecule has 0 saturated carbocycles. The van der Waals surface area contributed by atoms with Gasteiger partial charge < -0.3 is 36.1 Å². The number of carbonyl (C=O) groups is 4. The number of methoxy groups -OCH3 is 1. The minimum absolute atomic E-state index is 0. The quantitative estimate of drug-likeness (QED) is 0.207. The van der Waals surface area contributed by atoms with Crippen LogP contribution in [0.5, 0.6) is 0 Å². The zero-order chi connectivity index (χ0) is 32.4. The Morgan fingerprint density at radius 1 is 0.957 bits per heavy atom. The molecule has 0 aromatic heterocycles.